The summed E-state index contributed by atoms with van der Waals surface area (Å²) in [5, 5.41) is 12.4. The Kier molecular flexibility index (Phi) is 6.28. The standard InChI is InChI=1S/C59H34O/c1-2-14-36-34-53-49(32-35(36)13-1)48-29-25-37-31-38(26-28-40(37)58(48)59(53)51-22-10-7-15-41(51)42-16-8-11-23-52(42)59)56-44-18-3-5-20-46(44)57(47-21-6-4-19-45(47)56)39-27-30-55-50(33-39)43-17-9-12-24-54(43)60-55/h1-34H. The van der Waals surface area contributed by atoms with Gasteiger partial charge in [0.15, 0.2) is 0 Å². The van der Waals surface area contributed by atoms with Gasteiger partial charge in [-0.25, -0.2) is 0 Å². The molecule has 276 valence electrons. The van der Waals surface area contributed by atoms with E-state index < -0.39 is 5.41 Å². The van der Waals surface area contributed by atoms with Crippen molar-refractivity contribution in [3.05, 3.63) is 229 Å². The van der Waals surface area contributed by atoms with E-state index in [1.165, 1.54) is 110 Å². The van der Waals surface area contributed by atoms with Crippen molar-refractivity contribution in [1.29, 1.82) is 0 Å². The molecule has 1 heteroatoms. The molecule has 0 saturated carbocycles. The first kappa shape index (κ1) is 32.2. The number of para-hydroxylation sites is 1. The maximum Gasteiger partial charge on any atom is 0.135 e. The Morgan fingerprint density at radius 1 is 0.283 bits per heavy atom. The monoisotopic (exact) mass is 758 g/mol. The van der Waals surface area contributed by atoms with Gasteiger partial charge in [-0.15, -0.1) is 0 Å². The summed E-state index contributed by atoms with van der Waals surface area (Å²) in [5.74, 6) is 0. The number of fused-ring (bicyclic) bond motifs is 18. The molecule has 1 aromatic heterocycles. The summed E-state index contributed by atoms with van der Waals surface area (Å²) in [7, 11) is 0. The normalized spacial score (nSPS) is 13.5. The zero-order valence-electron chi connectivity index (χ0n) is 32.5. The molecule has 1 spiro atoms. The molecule has 0 atom stereocenters. The summed E-state index contributed by atoms with van der Waals surface area (Å²) in [6.45, 7) is 0. The molecular weight excluding hydrogens is 725 g/mol. The van der Waals surface area contributed by atoms with Gasteiger partial charge in [0, 0.05) is 10.8 Å². The van der Waals surface area contributed by atoms with Crippen molar-refractivity contribution in [2.45, 2.75) is 5.41 Å². The van der Waals surface area contributed by atoms with Gasteiger partial charge < -0.3 is 4.42 Å². The van der Waals surface area contributed by atoms with Gasteiger partial charge in [0.2, 0.25) is 0 Å². The van der Waals surface area contributed by atoms with Gasteiger partial charge in [0.05, 0.1) is 5.41 Å². The lowest BCUT2D eigenvalue weighted by Crippen LogP contribution is -2.26. The van der Waals surface area contributed by atoms with E-state index in [2.05, 4.69) is 200 Å². The second-order valence-corrected chi connectivity index (χ2v) is 16.7. The molecule has 60 heavy (non-hydrogen) atoms. The zero-order chi connectivity index (χ0) is 39.1. The van der Waals surface area contributed by atoms with E-state index in [0.717, 1.165) is 21.9 Å². The van der Waals surface area contributed by atoms with Crippen molar-refractivity contribution in [2.75, 3.05) is 0 Å². The van der Waals surface area contributed by atoms with Crippen molar-refractivity contribution < 1.29 is 4.42 Å². The topological polar surface area (TPSA) is 13.1 Å². The minimum absolute atomic E-state index is 0.439. The van der Waals surface area contributed by atoms with Crippen LogP contribution < -0.4 is 0 Å². The lowest BCUT2D eigenvalue weighted by atomic mass is 9.69. The lowest BCUT2D eigenvalue weighted by molar-refractivity contribution is 0.669. The van der Waals surface area contributed by atoms with Crippen LogP contribution in [0.25, 0.3) is 110 Å². The first-order valence-electron chi connectivity index (χ1n) is 20.9. The molecule has 0 radical (unpaired) electrons. The third kappa shape index (κ3) is 4.06. The molecule has 0 saturated heterocycles. The molecule has 0 unspecified atom stereocenters. The van der Waals surface area contributed by atoms with Crippen LogP contribution in [0.15, 0.2) is 211 Å². The van der Waals surface area contributed by atoms with Crippen molar-refractivity contribution in [1.82, 2.24) is 0 Å². The molecule has 0 amide bonds. The molecule has 1 nitrogen and oxygen atoms in total. The fourth-order valence-electron chi connectivity index (χ4n) is 11.4. The van der Waals surface area contributed by atoms with Gasteiger partial charge in [-0.1, -0.05) is 170 Å². The predicted octanol–water partition coefficient (Wildman–Crippen LogP) is 15.9. The minimum atomic E-state index is -0.439. The Labute approximate surface area is 346 Å². The zero-order valence-corrected chi connectivity index (χ0v) is 32.5. The van der Waals surface area contributed by atoms with E-state index in [4.69, 9.17) is 4.42 Å². The number of rotatable bonds is 2. The Hall–Kier alpha value is -7.74. The molecule has 1 heterocycles. The van der Waals surface area contributed by atoms with Crippen molar-refractivity contribution in [3.63, 3.8) is 0 Å². The second kappa shape index (κ2) is 11.7. The van der Waals surface area contributed by atoms with E-state index in [1.54, 1.807) is 0 Å². The third-order valence-electron chi connectivity index (χ3n) is 13.8. The summed E-state index contributed by atoms with van der Waals surface area (Å²) in [6.07, 6.45) is 0. The number of hydrogen-bond acceptors (Lipinski definition) is 1. The predicted molar refractivity (Wildman–Crippen MR) is 251 cm³/mol. The molecule has 0 aliphatic heterocycles. The highest BCUT2D eigenvalue weighted by atomic mass is 16.3. The van der Waals surface area contributed by atoms with Crippen LogP contribution >= 0.6 is 0 Å². The van der Waals surface area contributed by atoms with Crippen LogP contribution in [0.2, 0.25) is 0 Å². The van der Waals surface area contributed by atoms with E-state index in [0.29, 0.717) is 0 Å². The lowest BCUT2D eigenvalue weighted by Gasteiger charge is -2.31. The molecule has 0 fully saturated rings. The maximum absolute atomic E-state index is 6.26. The molecule has 11 aromatic carbocycles. The van der Waals surface area contributed by atoms with Gasteiger partial charge in [-0.3, -0.25) is 0 Å². The van der Waals surface area contributed by atoms with E-state index in [9.17, 15) is 0 Å². The fourth-order valence-corrected chi connectivity index (χ4v) is 11.4. The minimum Gasteiger partial charge on any atom is -0.456 e. The van der Waals surface area contributed by atoms with Gasteiger partial charge in [0.25, 0.3) is 0 Å². The molecular formula is C59H34O. The molecule has 2 aliphatic carbocycles. The van der Waals surface area contributed by atoms with Crippen molar-refractivity contribution in [2.24, 2.45) is 0 Å². The summed E-state index contributed by atoms with van der Waals surface area (Å²) >= 11 is 0. The SMILES string of the molecule is c1ccc2c(c1)-c1ccccc1C21c2cc3ccccc3cc2-c2ccc3cc(-c4c5ccccc5c(-c5ccc6oc7ccccc7c6c5)c5ccccc45)ccc3c21. The van der Waals surface area contributed by atoms with Crippen LogP contribution in [0.3, 0.4) is 0 Å². The number of hydrogen-bond donors (Lipinski definition) is 0. The Bertz CT molecular complexity index is 3740. The fraction of sp³-hybridized carbons (Fsp3) is 0.0169. The highest BCUT2D eigenvalue weighted by Gasteiger charge is 2.52. The quantitative estimate of drug-likeness (QED) is 0.160. The first-order chi connectivity index (χ1) is 29.8. The highest BCUT2D eigenvalue weighted by Crippen LogP contribution is 2.64. The average molecular weight is 759 g/mol. The molecule has 2 aliphatic rings. The van der Waals surface area contributed by atoms with Crippen LogP contribution in [-0.4, -0.2) is 0 Å². The number of furan rings is 1. The van der Waals surface area contributed by atoms with Crippen LogP contribution in [-0.2, 0) is 5.41 Å². The molecule has 0 N–H and O–H groups in total. The smallest absolute Gasteiger partial charge is 0.135 e. The average Bonchev–Trinajstić information content (AvgIpc) is 3.93. The Morgan fingerprint density at radius 2 is 0.817 bits per heavy atom. The van der Waals surface area contributed by atoms with Crippen LogP contribution in [0.1, 0.15) is 22.3 Å². The van der Waals surface area contributed by atoms with Crippen LogP contribution in [0.4, 0.5) is 0 Å². The van der Waals surface area contributed by atoms with E-state index in [1.807, 2.05) is 6.07 Å². The maximum atomic E-state index is 6.26. The third-order valence-corrected chi connectivity index (χ3v) is 13.8. The van der Waals surface area contributed by atoms with Crippen LogP contribution in [0, 0.1) is 0 Å². The van der Waals surface area contributed by atoms with Crippen molar-refractivity contribution in [3.8, 4) is 44.5 Å². The first-order valence-corrected chi connectivity index (χ1v) is 20.9. The largest absolute Gasteiger partial charge is 0.456 e. The van der Waals surface area contributed by atoms with Crippen molar-refractivity contribution >= 4 is 65.0 Å². The Balaban J connectivity index is 1.04. The van der Waals surface area contributed by atoms with E-state index >= 15 is 0 Å². The Morgan fingerprint density at radius 3 is 1.50 bits per heavy atom. The molecule has 0 bridgehead atoms. The molecule has 14 rings (SSSR count). The summed E-state index contributed by atoms with van der Waals surface area (Å²) < 4.78 is 6.26. The summed E-state index contributed by atoms with van der Waals surface area (Å²) in [5.41, 5.74) is 17.1. The molecule has 12 aromatic rings. The van der Waals surface area contributed by atoms with Crippen LogP contribution in [0.5, 0.6) is 0 Å². The van der Waals surface area contributed by atoms with Gasteiger partial charge >= 0.3 is 0 Å². The number of benzene rings is 11. The van der Waals surface area contributed by atoms with Gasteiger partial charge in [-0.05, 0) is 146 Å². The summed E-state index contributed by atoms with van der Waals surface area (Å²) in [4.78, 5) is 0. The second-order valence-electron chi connectivity index (χ2n) is 16.7. The van der Waals surface area contributed by atoms with Gasteiger partial charge in [0.1, 0.15) is 11.2 Å². The van der Waals surface area contributed by atoms with E-state index in [-0.39, 0.29) is 0 Å². The summed E-state index contributed by atoms with van der Waals surface area (Å²) in [6, 6.07) is 77.0. The van der Waals surface area contributed by atoms with Gasteiger partial charge in [-0.2, -0.15) is 0 Å². The highest BCUT2D eigenvalue weighted by molar-refractivity contribution is 6.23.